The number of aryl methyl sites for hydroxylation is 2. The van der Waals surface area contributed by atoms with Crippen LogP contribution < -0.4 is 5.32 Å². The summed E-state index contributed by atoms with van der Waals surface area (Å²) in [5.74, 6) is 0.869. The number of aliphatic imine (C=N–C) groups is 1. The molecular formula is C18H25IN4. The van der Waals surface area contributed by atoms with Gasteiger partial charge in [-0.25, -0.2) is 0 Å². The highest BCUT2D eigenvalue weighted by atomic mass is 127. The number of rotatable bonds is 4. The molecule has 0 saturated carbocycles. The third-order valence-corrected chi connectivity index (χ3v) is 3.77. The predicted octanol–water partition coefficient (Wildman–Crippen LogP) is 3.52. The molecule has 0 saturated heterocycles. The zero-order valence-electron chi connectivity index (χ0n) is 14.2. The first-order valence-electron chi connectivity index (χ1n) is 7.48. The summed E-state index contributed by atoms with van der Waals surface area (Å²) in [4.78, 5) is 10.9. The van der Waals surface area contributed by atoms with Crippen molar-refractivity contribution in [1.82, 2.24) is 15.2 Å². The van der Waals surface area contributed by atoms with E-state index in [1.54, 1.807) is 0 Å². The molecule has 0 amide bonds. The number of benzene rings is 1. The number of nitrogens with one attached hydrogen (secondary N) is 1. The van der Waals surface area contributed by atoms with E-state index >= 15 is 0 Å². The zero-order valence-corrected chi connectivity index (χ0v) is 16.5. The first-order valence-corrected chi connectivity index (χ1v) is 7.48. The number of aromatic nitrogens is 1. The summed E-state index contributed by atoms with van der Waals surface area (Å²) in [6.07, 6.45) is 1.82. The lowest BCUT2D eigenvalue weighted by Crippen LogP contribution is -2.38. The lowest BCUT2D eigenvalue weighted by molar-refractivity contribution is 0.474. The molecule has 124 valence electrons. The van der Waals surface area contributed by atoms with Crippen LogP contribution in [0.3, 0.4) is 0 Å². The Kier molecular flexibility index (Phi) is 8.02. The van der Waals surface area contributed by atoms with Gasteiger partial charge in [0.25, 0.3) is 0 Å². The number of hydrogen-bond donors (Lipinski definition) is 1. The molecule has 4 nitrogen and oxygen atoms in total. The first-order chi connectivity index (χ1) is 10.6. The smallest absolute Gasteiger partial charge is 0.194 e. The number of nitrogens with zero attached hydrogens (tertiary/aromatic N) is 3. The highest BCUT2D eigenvalue weighted by Gasteiger charge is 2.08. The molecule has 0 aliphatic rings. The third-order valence-electron chi connectivity index (χ3n) is 3.77. The summed E-state index contributed by atoms with van der Waals surface area (Å²) >= 11 is 0. The van der Waals surface area contributed by atoms with Crippen molar-refractivity contribution < 1.29 is 0 Å². The Morgan fingerprint density at radius 2 is 1.83 bits per heavy atom. The van der Waals surface area contributed by atoms with E-state index in [1.165, 1.54) is 16.7 Å². The van der Waals surface area contributed by atoms with Crippen molar-refractivity contribution in [3.05, 3.63) is 65.0 Å². The second-order valence-electron chi connectivity index (χ2n) is 5.45. The summed E-state index contributed by atoms with van der Waals surface area (Å²) in [5.41, 5.74) is 4.84. The molecule has 0 unspecified atom stereocenters. The van der Waals surface area contributed by atoms with E-state index in [0.717, 1.165) is 18.2 Å². The Labute approximate surface area is 156 Å². The van der Waals surface area contributed by atoms with Gasteiger partial charge in [0.1, 0.15) is 0 Å². The van der Waals surface area contributed by atoms with E-state index < -0.39 is 0 Å². The van der Waals surface area contributed by atoms with Crippen LogP contribution in [-0.2, 0) is 13.1 Å². The standard InChI is InChI=1S/C18H24N4.HI/c1-14-8-5-6-10-16(14)13-22(4)18(19-3)21-12-17-15(2)9-7-11-20-17;/h5-11H,12-13H2,1-4H3,(H,19,21);1H. The van der Waals surface area contributed by atoms with Crippen molar-refractivity contribution in [2.24, 2.45) is 4.99 Å². The van der Waals surface area contributed by atoms with Gasteiger partial charge in [-0.15, -0.1) is 24.0 Å². The molecule has 0 bridgehead atoms. The molecule has 5 heteroatoms. The van der Waals surface area contributed by atoms with Gasteiger partial charge in [-0.05, 0) is 36.6 Å². The van der Waals surface area contributed by atoms with Crippen molar-refractivity contribution in [1.29, 1.82) is 0 Å². The van der Waals surface area contributed by atoms with Gasteiger partial charge in [0.05, 0.1) is 12.2 Å². The van der Waals surface area contributed by atoms with Gasteiger partial charge in [-0.3, -0.25) is 9.98 Å². The molecule has 1 heterocycles. The van der Waals surface area contributed by atoms with Gasteiger partial charge in [0.15, 0.2) is 5.96 Å². The van der Waals surface area contributed by atoms with Crippen LogP contribution in [0.15, 0.2) is 47.6 Å². The van der Waals surface area contributed by atoms with Crippen LogP contribution >= 0.6 is 24.0 Å². The van der Waals surface area contributed by atoms with Crippen molar-refractivity contribution in [3.63, 3.8) is 0 Å². The van der Waals surface area contributed by atoms with Crippen LogP contribution in [0, 0.1) is 13.8 Å². The summed E-state index contributed by atoms with van der Waals surface area (Å²) in [5, 5.41) is 3.38. The Bertz CT molecular complexity index is 655. The van der Waals surface area contributed by atoms with Crippen molar-refractivity contribution >= 4 is 29.9 Å². The minimum absolute atomic E-state index is 0. The first kappa shape index (κ1) is 19.4. The average molecular weight is 424 g/mol. The second kappa shape index (κ2) is 9.50. The number of pyridine rings is 1. The normalized spacial score (nSPS) is 10.9. The molecule has 2 aromatic rings. The minimum atomic E-state index is 0. The molecule has 0 spiro atoms. The lowest BCUT2D eigenvalue weighted by atomic mass is 10.1. The van der Waals surface area contributed by atoms with Crippen LogP contribution in [-0.4, -0.2) is 29.9 Å². The topological polar surface area (TPSA) is 40.5 Å². The fraction of sp³-hybridized carbons (Fsp3) is 0.333. The second-order valence-corrected chi connectivity index (χ2v) is 5.45. The maximum atomic E-state index is 4.41. The molecular weight excluding hydrogens is 399 g/mol. The summed E-state index contributed by atoms with van der Waals surface area (Å²) in [6.45, 7) is 5.71. The quantitative estimate of drug-likeness (QED) is 0.464. The Balaban J connectivity index is 0.00000264. The van der Waals surface area contributed by atoms with Crippen LogP contribution in [0.2, 0.25) is 0 Å². The van der Waals surface area contributed by atoms with E-state index in [4.69, 9.17) is 0 Å². The van der Waals surface area contributed by atoms with Crippen molar-refractivity contribution in [3.8, 4) is 0 Å². The van der Waals surface area contributed by atoms with Crippen molar-refractivity contribution in [2.45, 2.75) is 26.9 Å². The molecule has 1 N–H and O–H groups in total. The molecule has 0 aliphatic heterocycles. The van der Waals surface area contributed by atoms with Gasteiger partial charge in [0, 0.05) is 26.8 Å². The molecule has 23 heavy (non-hydrogen) atoms. The Morgan fingerprint density at radius 3 is 2.48 bits per heavy atom. The fourth-order valence-corrected chi connectivity index (χ4v) is 2.37. The lowest BCUT2D eigenvalue weighted by Gasteiger charge is -2.23. The zero-order chi connectivity index (χ0) is 15.9. The Hall–Kier alpha value is -1.63. The predicted molar refractivity (Wildman–Crippen MR) is 107 cm³/mol. The van der Waals surface area contributed by atoms with Gasteiger partial charge in [-0.2, -0.15) is 0 Å². The van der Waals surface area contributed by atoms with Crippen LogP contribution in [0.1, 0.15) is 22.4 Å². The molecule has 2 rings (SSSR count). The molecule has 0 radical (unpaired) electrons. The average Bonchev–Trinajstić information content (AvgIpc) is 2.52. The summed E-state index contributed by atoms with van der Waals surface area (Å²) < 4.78 is 0. The molecule has 0 fully saturated rings. The van der Waals surface area contributed by atoms with E-state index in [9.17, 15) is 0 Å². The summed E-state index contributed by atoms with van der Waals surface area (Å²) in [7, 11) is 3.86. The van der Waals surface area contributed by atoms with Gasteiger partial charge in [0.2, 0.25) is 0 Å². The van der Waals surface area contributed by atoms with E-state index in [0.29, 0.717) is 6.54 Å². The number of hydrogen-bond acceptors (Lipinski definition) is 2. The number of guanidine groups is 1. The maximum Gasteiger partial charge on any atom is 0.194 e. The van der Waals surface area contributed by atoms with Crippen LogP contribution in [0.4, 0.5) is 0 Å². The minimum Gasteiger partial charge on any atom is -0.351 e. The molecule has 0 atom stereocenters. The number of halogens is 1. The van der Waals surface area contributed by atoms with E-state index in [1.807, 2.05) is 26.4 Å². The Morgan fingerprint density at radius 1 is 1.13 bits per heavy atom. The van der Waals surface area contributed by atoms with E-state index in [2.05, 4.69) is 64.4 Å². The highest BCUT2D eigenvalue weighted by molar-refractivity contribution is 14.0. The van der Waals surface area contributed by atoms with Crippen molar-refractivity contribution in [2.75, 3.05) is 14.1 Å². The molecule has 1 aromatic carbocycles. The molecule has 1 aromatic heterocycles. The van der Waals surface area contributed by atoms with Gasteiger partial charge >= 0.3 is 0 Å². The van der Waals surface area contributed by atoms with Crippen LogP contribution in [0.25, 0.3) is 0 Å². The SMILES string of the molecule is CN=C(NCc1ncccc1C)N(C)Cc1ccccc1C.I. The van der Waals surface area contributed by atoms with Gasteiger partial charge in [-0.1, -0.05) is 30.3 Å². The largest absolute Gasteiger partial charge is 0.351 e. The highest BCUT2D eigenvalue weighted by Crippen LogP contribution is 2.10. The monoisotopic (exact) mass is 424 g/mol. The molecule has 0 aliphatic carbocycles. The fourth-order valence-electron chi connectivity index (χ4n) is 2.37. The third kappa shape index (κ3) is 5.49. The van der Waals surface area contributed by atoms with E-state index in [-0.39, 0.29) is 24.0 Å². The maximum absolute atomic E-state index is 4.41. The summed E-state index contributed by atoms with van der Waals surface area (Å²) in [6, 6.07) is 12.5. The van der Waals surface area contributed by atoms with Gasteiger partial charge < -0.3 is 10.2 Å². The van der Waals surface area contributed by atoms with Crippen LogP contribution in [0.5, 0.6) is 0 Å².